The Balaban J connectivity index is 1.79. The molecule has 0 fully saturated rings. The van der Waals surface area contributed by atoms with E-state index >= 15 is 0 Å². The zero-order valence-corrected chi connectivity index (χ0v) is 23.3. The Kier molecular flexibility index (Phi) is 8.13. The standard InChI is InChI=1S/C29H27ClN4O4S/c1-5-23(35)22-13-12-20(27(37)33(22)17-24(36)18-9-7-6-8-10-18)21-15-26(31-16-19-11-14-25(30)39-19)34(32-21)28(38)29(2,3)4/h5-15,31H,1,16-17H2,2-4H3. The van der Waals surface area contributed by atoms with Crippen LogP contribution in [0.15, 0.2) is 78.1 Å². The summed E-state index contributed by atoms with van der Waals surface area (Å²) >= 11 is 7.46. The second-order valence-electron chi connectivity index (χ2n) is 9.82. The molecule has 4 aromatic rings. The second-order valence-corrected chi connectivity index (χ2v) is 11.6. The molecule has 0 aliphatic heterocycles. The van der Waals surface area contributed by atoms with Crippen molar-refractivity contribution in [3.8, 4) is 11.3 Å². The van der Waals surface area contributed by atoms with Crippen molar-refractivity contribution in [3.05, 3.63) is 104 Å². The van der Waals surface area contributed by atoms with Crippen molar-refractivity contribution in [3.63, 3.8) is 0 Å². The lowest BCUT2D eigenvalue weighted by atomic mass is 9.96. The van der Waals surface area contributed by atoms with Crippen molar-refractivity contribution >= 4 is 46.2 Å². The maximum Gasteiger partial charge on any atom is 0.261 e. The van der Waals surface area contributed by atoms with Crippen LogP contribution < -0.4 is 10.9 Å². The number of nitrogens with one attached hydrogen (secondary N) is 1. The molecule has 10 heteroatoms. The second kappa shape index (κ2) is 11.3. The lowest BCUT2D eigenvalue weighted by molar-refractivity contribution is 0.0752. The Labute approximate surface area is 234 Å². The molecule has 0 amide bonds. The molecule has 8 nitrogen and oxygen atoms in total. The minimum atomic E-state index is -0.755. The highest BCUT2D eigenvalue weighted by Crippen LogP contribution is 2.27. The molecule has 0 spiro atoms. The number of anilines is 1. The van der Waals surface area contributed by atoms with Crippen molar-refractivity contribution in [2.75, 3.05) is 5.32 Å². The zero-order valence-electron chi connectivity index (χ0n) is 21.7. The van der Waals surface area contributed by atoms with Crippen LogP contribution in [0.25, 0.3) is 11.3 Å². The van der Waals surface area contributed by atoms with Gasteiger partial charge in [-0.1, -0.05) is 69.3 Å². The summed E-state index contributed by atoms with van der Waals surface area (Å²) < 4.78 is 3.01. The van der Waals surface area contributed by atoms with Crippen molar-refractivity contribution in [2.45, 2.75) is 33.9 Å². The molecule has 1 N–H and O–H groups in total. The fraction of sp³-hybridized carbons (Fsp3) is 0.207. The quantitative estimate of drug-likeness (QED) is 0.199. The summed E-state index contributed by atoms with van der Waals surface area (Å²) in [6, 6.07) is 16.7. The highest BCUT2D eigenvalue weighted by atomic mass is 35.5. The molecule has 0 unspecified atom stereocenters. The van der Waals surface area contributed by atoms with E-state index < -0.39 is 16.8 Å². The van der Waals surface area contributed by atoms with E-state index in [0.717, 1.165) is 15.5 Å². The minimum absolute atomic E-state index is 0.0288. The summed E-state index contributed by atoms with van der Waals surface area (Å²) in [6.07, 6.45) is 1.09. The average Bonchev–Trinajstić information content (AvgIpc) is 3.53. The molecule has 0 saturated carbocycles. The Morgan fingerprint density at radius 2 is 1.79 bits per heavy atom. The molecule has 0 atom stereocenters. The third-order valence-corrected chi connectivity index (χ3v) is 7.13. The van der Waals surface area contributed by atoms with Crippen LogP contribution in [0.3, 0.4) is 0 Å². The largest absolute Gasteiger partial charge is 0.365 e. The number of carbonyl (C=O) groups is 3. The van der Waals surface area contributed by atoms with Gasteiger partial charge in [0.15, 0.2) is 5.78 Å². The van der Waals surface area contributed by atoms with E-state index in [1.54, 1.807) is 63.2 Å². The number of halogens is 1. The maximum atomic E-state index is 13.7. The Morgan fingerprint density at radius 1 is 1.08 bits per heavy atom. The Bertz CT molecular complexity index is 1630. The predicted octanol–water partition coefficient (Wildman–Crippen LogP) is 5.98. The molecule has 1 aromatic carbocycles. The van der Waals surface area contributed by atoms with Crippen molar-refractivity contribution in [2.24, 2.45) is 5.41 Å². The summed E-state index contributed by atoms with van der Waals surface area (Å²) in [4.78, 5) is 53.4. The number of allylic oxidation sites excluding steroid dienone is 1. The van der Waals surface area contributed by atoms with Gasteiger partial charge in [-0.2, -0.15) is 9.78 Å². The summed E-state index contributed by atoms with van der Waals surface area (Å²) in [6.45, 7) is 8.88. The summed E-state index contributed by atoms with van der Waals surface area (Å²) in [7, 11) is 0. The lowest BCUT2D eigenvalue weighted by Gasteiger charge is -2.18. The van der Waals surface area contributed by atoms with Crippen LogP contribution in [0.4, 0.5) is 5.82 Å². The predicted molar refractivity (Wildman–Crippen MR) is 154 cm³/mol. The Morgan fingerprint density at radius 3 is 2.41 bits per heavy atom. The monoisotopic (exact) mass is 562 g/mol. The van der Waals surface area contributed by atoms with Gasteiger partial charge in [-0.05, 0) is 30.3 Å². The molecule has 0 bridgehead atoms. The number of ketones is 2. The van der Waals surface area contributed by atoms with Crippen LogP contribution in [-0.4, -0.2) is 31.8 Å². The summed E-state index contributed by atoms with van der Waals surface area (Å²) in [5.41, 5.74) is -0.541. The number of Topliss-reactive ketones (excluding diaryl/α,β-unsaturated/α-hetero) is 1. The number of pyridine rings is 1. The molecule has 39 heavy (non-hydrogen) atoms. The van der Waals surface area contributed by atoms with Gasteiger partial charge < -0.3 is 5.32 Å². The fourth-order valence-electron chi connectivity index (χ4n) is 3.84. The molecule has 0 radical (unpaired) electrons. The van der Waals surface area contributed by atoms with Crippen LogP contribution in [0.2, 0.25) is 4.34 Å². The molecule has 3 aromatic heterocycles. The number of aromatic nitrogens is 3. The summed E-state index contributed by atoms with van der Waals surface area (Å²) in [5, 5.41) is 7.69. The van der Waals surface area contributed by atoms with Gasteiger partial charge in [0.2, 0.25) is 5.78 Å². The van der Waals surface area contributed by atoms with E-state index in [2.05, 4.69) is 17.0 Å². The number of nitrogens with zero attached hydrogens (tertiary/aromatic N) is 3. The first-order chi connectivity index (χ1) is 18.5. The van der Waals surface area contributed by atoms with Gasteiger partial charge in [0.05, 0.1) is 28.7 Å². The van der Waals surface area contributed by atoms with E-state index in [0.29, 0.717) is 22.3 Å². The zero-order chi connectivity index (χ0) is 28.3. The molecular weight excluding hydrogens is 536 g/mol. The molecule has 200 valence electrons. The van der Waals surface area contributed by atoms with E-state index in [1.807, 2.05) is 6.07 Å². The molecule has 0 aliphatic rings. The molecule has 0 aliphatic carbocycles. The number of carbonyl (C=O) groups excluding carboxylic acids is 3. The molecule has 4 rings (SSSR count). The van der Waals surface area contributed by atoms with E-state index in [-0.39, 0.29) is 35.2 Å². The third-order valence-electron chi connectivity index (χ3n) is 5.90. The first-order valence-electron chi connectivity index (χ1n) is 12.1. The van der Waals surface area contributed by atoms with Gasteiger partial charge in [-0.25, -0.2) is 0 Å². The lowest BCUT2D eigenvalue weighted by Crippen LogP contribution is -2.30. The van der Waals surface area contributed by atoms with Crippen LogP contribution >= 0.6 is 22.9 Å². The van der Waals surface area contributed by atoms with Crippen molar-refractivity contribution in [1.82, 2.24) is 14.3 Å². The van der Waals surface area contributed by atoms with Crippen molar-refractivity contribution < 1.29 is 14.4 Å². The van der Waals surface area contributed by atoms with Crippen LogP contribution in [-0.2, 0) is 13.1 Å². The fourth-order valence-corrected chi connectivity index (χ4v) is 4.87. The van der Waals surface area contributed by atoms with E-state index in [9.17, 15) is 19.2 Å². The third kappa shape index (κ3) is 6.16. The number of thiophene rings is 1. The number of rotatable bonds is 9. The Hall–Kier alpha value is -4.08. The van der Waals surface area contributed by atoms with E-state index in [1.165, 1.54) is 28.2 Å². The van der Waals surface area contributed by atoms with E-state index in [4.69, 9.17) is 11.6 Å². The smallest absolute Gasteiger partial charge is 0.261 e. The van der Waals surface area contributed by atoms with Crippen LogP contribution in [0.1, 0.15) is 51.3 Å². The topological polar surface area (TPSA) is 103 Å². The minimum Gasteiger partial charge on any atom is -0.365 e. The van der Waals surface area contributed by atoms with Crippen LogP contribution in [0, 0.1) is 5.41 Å². The van der Waals surface area contributed by atoms with Gasteiger partial charge in [-0.3, -0.25) is 23.7 Å². The van der Waals surface area contributed by atoms with Crippen LogP contribution in [0.5, 0.6) is 0 Å². The number of hydrogen-bond donors (Lipinski definition) is 1. The first-order valence-corrected chi connectivity index (χ1v) is 13.3. The van der Waals surface area contributed by atoms with Gasteiger partial charge in [0.1, 0.15) is 11.5 Å². The van der Waals surface area contributed by atoms with Gasteiger partial charge in [0, 0.05) is 21.9 Å². The number of hydrogen-bond acceptors (Lipinski definition) is 7. The molecule has 0 saturated heterocycles. The first kappa shape index (κ1) is 27.9. The van der Waals surface area contributed by atoms with Gasteiger partial charge in [0.25, 0.3) is 11.5 Å². The number of benzene rings is 1. The molecule has 3 heterocycles. The normalized spacial score (nSPS) is 11.3. The molecular formula is C29H27ClN4O4S. The highest BCUT2D eigenvalue weighted by molar-refractivity contribution is 7.16. The SMILES string of the molecule is C=CC(=O)c1ccc(-c2cc(NCc3ccc(Cl)s3)n(C(=O)C(C)(C)C)n2)c(=O)n1CC(=O)c1ccccc1. The van der Waals surface area contributed by atoms with Gasteiger partial charge in [-0.15, -0.1) is 11.3 Å². The average molecular weight is 563 g/mol. The maximum absolute atomic E-state index is 13.7. The summed E-state index contributed by atoms with van der Waals surface area (Å²) in [5.74, 6) is -0.714. The van der Waals surface area contributed by atoms with Crippen molar-refractivity contribution in [1.29, 1.82) is 0 Å². The van der Waals surface area contributed by atoms with Gasteiger partial charge >= 0.3 is 0 Å². The highest BCUT2D eigenvalue weighted by Gasteiger charge is 2.28.